The summed E-state index contributed by atoms with van der Waals surface area (Å²) in [6, 6.07) is 10.6. The highest BCUT2D eigenvalue weighted by Crippen LogP contribution is 2.12. The molecule has 0 aromatic heterocycles. The Balaban J connectivity index is 2.19. The lowest BCUT2D eigenvalue weighted by atomic mass is 10.0. The van der Waals surface area contributed by atoms with Crippen molar-refractivity contribution in [2.45, 2.75) is 25.7 Å². The van der Waals surface area contributed by atoms with Crippen LogP contribution in [0.25, 0.3) is 0 Å². The fourth-order valence-corrected chi connectivity index (χ4v) is 1.59. The minimum Gasteiger partial charge on any atom is -0.316 e. The number of hydrogen-bond donors (Lipinski definition) is 1. The first-order valence-electron chi connectivity index (χ1n) is 5.71. The Bertz CT molecular complexity index is 266. The van der Waals surface area contributed by atoms with Crippen LogP contribution in [0.4, 0.5) is 0 Å². The zero-order chi connectivity index (χ0) is 10.9. The van der Waals surface area contributed by atoms with E-state index in [0.29, 0.717) is 5.92 Å². The Labute approximate surface area is 93.2 Å². The van der Waals surface area contributed by atoms with Gasteiger partial charge in [0.2, 0.25) is 0 Å². The molecule has 0 heterocycles. The monoisotopic (exact) mass is 203 g/mol. The molecular weight excluding hydrogens is 182 g/mol. The summed E-state index contributed by atoms with van der Waals surface area (Å²) in [5.41, 5.74) is 1.41. The van der Waals surface area contributed by atoms with Crippen LogP contribution in [0.5, 0.6) is 0 Å². The van der Waals surface area contributed by atoms with Crippen molar-refractivity contribution in [3.05, 3.63) is 48.6 Å². The number of hydrogen-bond acceptors (Lipinski definition) is 1. The molecule has 0 saturated heterocycles. The fraction of sp³-hybridized carbons (Fsp3) is 0.429. The van der Waals surface area contributed by atoms with Gasteiger partial charge in [-0.05, 0) is 30.9 Å². The maximum Gasteiger partial charge on any atom is 0.00174 e. The molecule has 15 heavy (non-hydrogen) atoms. The molecule has 82 valence electrons. The number of rotatable bonds is 7. The predicted molar refractivity (Wildman–Crippen MR) is 67.2 cm³/mol. The number of nitrogens with one attached hydrogen (secondary N) is 1. The first-order valence-corrected chi connectivity index (χ1v) is 5.71. The molecule has 1 heteroatoms. The van der Waals surface area contributed by atoms with Crippen molar-refractivity contribution in [1.29, 1.82) is 0 Å². The predicted octanol–water partition coefficient (Wildman–Crippen LogP) is 3.35. The topological polar surface area (TPSA) is 12.0 Å². The van der Waals surface area contributed by atoms with Gasteiger partial charge in [-0.1, -0.05) is 43.3 Å². The van der Waals surface area contributed by atoms with Crippen LogP contribution in [-0.4, -0.2) is 13.1 Å². The highest BCUT2D eigenvalue weighted by molar-refractivity contribution is 5.18. The molecule has 1 N–H and O–H groups in total. The third kappa shape index (κ3) is 4.80. The second kappa shape index (κ2) is 7.24. The van der Waals surface area contributed by atoms with E-state index >= 15 is 0 Å². The molecule has 0 radical (unpaired) electrons. The van der Waals surface area contributed by atoms with Crippen LogP contribution in [0, 0.1) is 0 Å². The van der Waals surface area contributed by atoms with Gasteiger partial charge in [0.15, 0.2) is 0 Å². The zero-order valence-electron chi connectivity index (χ0n) is 9.58. The van der Waals surface area contributed by atoms with Gasteiger partial charge in [-0.3, -0.25) is 0 Å². The lowest BCUT2D eigenvalue weighted by molar-refractivity contribution is 0.599. The van der Waals surface area contributed by atoms with Crippen molar-refractivity contribution in [2.24, 2.45) is 0 Å². The van der Waals surface area contributed by atoms with E-state index in [1.165, 1.54) is 12.0 Å². The van der Waals surface area contributed by atoms with Gasteiger partial charge < -0.3 is 5.32 Å². The van der Waals surface area contributed by atoms with Gasteiger partial charge in [-0.25, -0.2) is 0 Å². The fourth-order valence-electron chi connectivity index (χ4n) is 1.59. The molecule has 1 aromatic carbocycles. The third-order valence-corrected chi connectivity index (χ3v) is 2.58. The molecule has 0 spiro atoms. The Morgan fingerprint density at radius 1 is 1.33 bits per heavy atom. The number of allylic oxidation sites excluding steroid dienone is 1. The molecule has 1 nitrogen and oxygen atoms in total. The van der Waals surface area contributed by atoms with Crippen LogP contribution in [-0.2, 0) is 0 Å². The van der Waals surface area contributed by atoms with E-state index in [1.807, 2.05) is 6.08 Å². The summed E-state index contributed by atoms with van der Waals surface area (Å²) in [6.45, 7) is 8.12. The summed E-state index contributed by atoms with van der Waals surface area (Å²) >= 11 is 0. The Hall–Kier alpha value is -1.08. The number of benzene rings is 1. The molecule has 0 bridgehead atoms. The minimum absolute atomic E-state index is 0.593. The summed E-state index contributed by atoms with van der Waals surface area (Å²) in [4.78, 5) is 0. The van der Waals surface area contributed by atoms with Crippen molar-refractivity contribution in [1.82, 2.24) is 5.32 Å². The van der Waals surface area contributed by atoms with E-state index < -0.39 is 0 Å². The van der Waals surface area contributed by atoms with E-state index in [1.54, 1.807) is 0 Å². The maximum absolute atomic E-state index is 3.71. The zero-order valence-corrected chi connectivity index (χ0v) is 9.58. The summed E-state index contributed by atoms with van der Waals surface area (Å²) < 4.78 is 0. The second-order valence-electron chi connectivity index (χ2n) is 3.95. The molecule has 1 aromatic rings. The van der Waals surface area contributed by atoms with Crippen LogP contribution < -0.4 is 5.32 Å². The van der Waals surface area contributed by atoms with Gasteiger partial charge >= 0.3 is 0 Å². The highest BCUT2D eigenvalue weighted by Gasteiger charge is 2.02. The van der Waals surface area contributed by atoms with E-state index in [4.69, 9.17) is 0 Å². The average Bonchev–Trinajstić information content (AvgIpc) is 2.30. The first kappa shape index (κ1) is 12.0. The van der Waals surface area contributed by atoms with E-state index in [2.05, 4.69) is 49.2 Å². The van der Waals surface area contributed by atoms with Crippen LogP contribution in [0.1, 0.15) is 31.2 Å². The summed E-state index contributed by atoms with van der Waals surface area (Å²) in [5.74, 6) is 0.593. The second-order valence-corrected chi connectivity index (χ2v) is 3.95. The van der Waals surface area contributed by atoms with Gasteiger partial charge in [0, 0.05) is 6.54 Å². The van der Waals surface area contributed by atoms with Crippen LogP contribution in [0.3, 0.4) is 0 Å². The van der Waals surface area contributed by atoms with Crippen molar-refractivity contribution in [3.8, 4) is 0 Å². The van der Waals surface area contributed by atoms with Crippen molar-refractivity contribution >= 4 is 0 Å². The Morgan fingerprint density at radius 2 is 2.07 bits per heavy atom. The summed E-state index contributed by atoms with van der Waals surface area (Å²) in [5, 5.41) is 3.47. The first-order chi connectivity index (χ1) is 7.34. The molecule has 0 fully saturated rings. The molecular formula is C14H21N. The molecule has 1 unspecified atom stereocenters. The maximum atomic E-state index is 3.71. The van der Waals surface area contributed by atoms with E-state index in [9.17, 15) is 0 Å². The van der Waals surface area contributed by atoms with Crippen molar-refractivity contribution in [3.63, 3.8) is 0 Å². The van der Waals surface area contributed by atoms with Gasteiger partial charge in [-0.15, -0.1) is 6.58 Å². The van der Waals surface area contributed by atoms with Crippen molar-refractivity contribution < 1.29 is 0 Å². The lowest BCUT2D eigenvalue weighted by Crippen LogP contribution is -2.21. The molecule has 0 aliphatic rings. The van der Waals surface area contributed by atoms with Crippen LogP contribution >= 0.6 is 0 Å². The SMILES string of the molecule is C=CCCCNCC(C)c1ccccc1. The number of unbranched alkanes of at least 4 members (excludes halogenated alkanes) is 1. The lowest BCUT2D eigenvalue weighted by Gasteiger charge is -2.12. The molecule has 0 amide bonds. The standard InChI is InChI=1S/C14H21N/c1-3-4-8-11-15-12-13(2)14-9-6-5-7-10-14/h3,5-7,9-10,13,15H,1,4,8,11-12H2,2H3. The van der Waals surface area contributed by atoms with Crippen LogP contribution in [0.2, 0.25) is 0 Å². The molecule has 1 rings (SSSR count). The molecule has 0 saturated carbocycles. The molecule has 0 aliphatic heterocycles. The quantitative estimate of drug-likeness (QED) is 0.529. The normalized spacial score (nSPS) is 12.3. The van der Waals surface area contributed by atoms with E-state index in [0.717, 1.165) is 19.5 Å². The Kier molecular flexibility index (Phi) is 5.79. The average molecular weight is 203 g/mol. The van der Waals surface area contributed by atoms with Gasteiger partial charge in [0.1, 0.15) is 0 Å². The summed E-state index contributed by atoms with van der Waals surface area (Å²) in [6.07, 6.45) is 4.26. The molecule has 0 aliphatic carbocycles. The minimum atomic E-state index is 0.593. The van der Waals surface area contributed by atoms with Gasteiger partial charge in [-0.2, -0.15) is 0 Å². The summed E-state index contributed by atoms with van der Waals surface area (Å²) in [7, 11) is 0. The van der Waals surface area contributed by atoms with Gasteiger partial charge in [0.05, 0.1) is 0 Å². The van der Waals surface area contributed by atoms with E-state index in [-0.39, 0.29) is 0 Å². The van der Waals surface area contributed by atoms with Crippen molar-refractivity contribution in [2.75, 3.05) is 13.1 Å². The third-order valence-electron chi connectivity index (χ3n) is 2.58. The van der Waals surface area contributed by atoms with Crippen LogP contribution in [0.15, 0.2) is 43.0 Å². The molecule has 1 atom stereocenters. The Morgan fingerprint density at radius 3 is 2.73 bits per heavy atom. The smallest absolute Gasteiger partial charge is 0.00174 e. The highest BCUT2D eigenvalue weighted by atomic mass is 14.8. The largest absolute Gasteiger partial charge is 0.316 e. The van der Waals surface area contributed by atoms with Gasteiger partial charge in [0.25, 0.3) is 0 Å².